The Kier molecular flexibility index (Phi) is 2.74. The molecule has 2 aromatic rings. The lowest BCUT2D eigenvalue weighted by molar-refractivity contribution is 0.610. The van der Waals surface area contributed by atoms with E-state index in [1.54, 1.807) is 6.07 Å². The van der Waals surface area contributed by atoms with Crippen molar-refractivity contribution in [2.24, 2.45) is 0 Å². The Morgan fingerprint density at radius 2 is 2.20 bits per heavy atom. The number of hydrogen-bond donors (Lipinski definition) is 0. The Morgan fingerprint density at radius 3 is 2.87 bits per heavy atom. The fraction of sp³-hybridized carbons (Fsp3) is 0.364. The molecule has 1 atom stereocenters. The number of rotatable bonds is 2. The molecule has 2 rings (SSSR count). The number of benzene rings is 1. The van der Waals surface area contributed by atoms with E-state index in [2.05, 4.69) is 21.3 Å². The average Bonchev–Trinajstić information content (AvgIpc) is 2.46. The van der Waals surface area contributed by atoms with Gasteiger partial charge in [0.05, 0.1) is 11.2 Å². The van der Waals surface area contributed by atoms with Crippen LogP contribution in [0.3, 0.4) is 0 Å². The van der Waals surface area contributed by atoms with Crippen molar-refractivity contribution in [3.8, 4) is 0 Å². The van der Waals surface area contributed by atoms with E-state index in [0.29, 0.717) is 5.30 Å². The van der Waals surface area contributed by atoms with Gasteiger partial charge in [-0.1, -0.05) is 6.92 Å². The molecule has 1 heterocycles. The predicted molar refractivity (Wildman–Crippen MR) is 64.1 cm³/mol. The maximum atomic E-state index is 13.4. The SMILES string of the molecule is CCCn1nc(C)c2cc(P)c(F)cc21. The summed E-state index contributed by atoms with van der Waals surface area (Å²) in [6, 6.07) is 3.40. The minimum atomic E-state index is -0.190. The van der Waals surface area contributed by atoms with Crippen LogP contribution in [0.25, 0.3) is 10.9 Å². The Morgan fingerprint density at radius 1 is 1.47 bits per heavy atom. The number of aromatic nitrogens is 2. The third-order valence-corrected chi connectivity index (χ3v) is 2.93. The zero-order chi connectivity index (χ0) is 11.0. The summed E-state index contributed by atoms with van der Waals surface area (Å²) in [4.78, 5) is 0. The third-order valence-electron chi connectivity index (χ3n) is 2.49. The Balaban J connectivity index is 2.70. The molecule has 0 aliphatic carbocycles. The lowest BCUT2D eigenvalue weighted by Crippen LogP contribution is -2.01. The summed E-state index contributed by atoms with van der Waals surface area (Å²) >= 11 is 0. The number of hydrogen-bond acceptors (Lipinski definition) is 1. The summed E-state index contributed by atoms with van der Waals surface area (Å²) in [5, 5.41) is 6.04. The second kappa shape index (κ2) is 3.90. The van der Waals surface area contributed by atoms with E-state index in [-0.39, 0.29) is 5.82 Å². The fourth-order valence-corrected chi connectivity index (χ4v) is 2.00. The third kappa shape index (κ3) is 1.76. The minimum Gasteiger partial charge on any atom is -0.265 e. The van der Waals surface area contributed by atoms with Gasteiger partial charge >= 0.3 is 0 Å². The van der Waals surface area contributed by atoms with Crippen LogP contribution in [0.2, 0.25) is 0 Å². The maximum absolute atomic E-state index is 13.4. The van der Waals surface area contributed by atoms with Gasteiger partial charge < -0.3 is 0 Å². The van der Waals surface area contributed by atoms with E-state index in [4.69, 9.17) is 0 Å². The molecule has 15 heavy (non-hydrogen) atoms. The van der Waals surface area contributed by atoms with Gasteiger partial charge in [0.2, 0.25) is 0 Å². The highest BCUT2D eigenvalue weighted by Gasteiger charge is 2.09. The Bertz CT molecular complexity index is 505. The molecule has 0 aliphatic rings. The van der Waals surface area contributed by atoms with E-state index in [0.717, 1.165) is 29.6 Å². The molecule has 1 aromatic carbocycles. The molecule has 2 nitrogen and oxygen atoms in total. The largest absolute Gasteiger partial charge is 0.265 e. The standard InChI is InChI=1S/C11H14FN2P/c1-3-4-14-10-6-9(12)11(15)5-8(10)7(2)13-14/h5-6H,3-4,15H2,1-2H3. The van der Waals surface area contributed by atoms with Gasteiger partial charge in [0.1, 0.15) is 5.82 Å². The smallest absolute Gasteiger partial charge is 0.132 e. The van der Waals surface area contributed by atoms with Gasteiger partial charge in [0.15, 0.2) is 0 Å². The Hall–Kier alpha value is -0.950. The number of fused-ring (bicyclic) bond motifs is 1. The van der Waals surface area contributed by atoms with Gasteiger partial charge in [-0.3, -0.25) is 4.68 Å². The quantitative estimate of drug-likeness (QED) is 0.716. The first-order chi connectivity index (χ1) is 7.13. The molecule has 1 unspecified atom stereocenters. The van der Waals surface area contributed by atoms with Gasteiger partial charge in [0, 0.05) is 23.3 Å². The first-order valence-corrected chi connectivity index (χ1v) is 5.63. The predicted octanol–water partition coefficient (Wildman–Crippen LogP) is 2.39. The monoisotopic (exact) mass is 224 g/mol. The van der Waals surface area contributed by atoms with Gasteiger partial charge in [0.25, 0.3) is 0 Å². The van der Waals surface area contributed by atoms with Crippen LogP contribution in [0.1, 0.15) is 19.0 Å². The average molecular weight is 224 g/mol. The van der Waals surface area contributed by atoms with Crippen molar-refractivity contribution in [3.63, 3.8) is 0 Å². The Labute approximate surface area is 90.7 Å². The number of aryl methyl sites for hydroxylation is 2. The van der Waals surface area contributed by atoms with Crippen LogP contribution >= 0.6 is 9.24 Å². The van der Waals surface area contributed by atoms with Gasteiger partial charge in [-0.2, -0.15) is 5.10 Å². The van der Waals surface area contributed by atoms with E-state index in [1.807, 2.05) is 17.7 Å². The molecule has 0 aliphatic heterocycles. The normalized spacial score (nSPS) is 11.2. The molecule has 0 N–H and O–H groups in total. The summed E-state index contributed by atoms with van der Waals surface area (Å²) in [5.41, 5.74) is 1.85. The van der Waals surface area contributed by atoms with Crippen LogP contribution in [0.15, 0.2) is 12.1 Å². The van der Waals surface area contributed by atoms with Crippen molar-refractivity contribution in [2.45, 2.75) is 26.8 Å². The zero-order valence-electron chi connectivity index (χ0n) is 8.92. The maximum Gasteiger partial charge on any atom is 0.132 e. The molecular formula is C11H14FN2P. The van der Waals surface area contributed by atoms with Crippen LogP contribution < -0.4 is 5.30 Å². The van der Waals surface area contributed by atoms with Crippen LogP contribution in [-0.4, -0.2) is 9.78 Å². The molecule has 80 valence electrons. The number of nitrogens with zero attached hydrogens (tertiary/aromatic N) is 2. The molecule has 0 saturated heterocycles. The summed E-state index contributed by atoms with van der Waals surface area (Å²) in [6.07, 6.45) is 1.00. The lowest BCUT2D eigenvalue weighted by Gasteiger charge is -2.01. The van der Waals surface area contributed by atoms with Crippen LogP contribution in [0.4, 0.5) is 4.39 Å². The van der Waals surface area contributed by atoms with Crippen molar-refractivity contribution in [1.82, 2.24) is 9.78 Å². The molecule has 0 bridgehead atoms. The summed E-state index contributed by atoms with van der Waals surface area (Å²) in [5.74, 6) is -0.190. The molecule has 0 fully saturated rings. The van der Waals surface area contributed by atoms with Gasteiger partial charge in [-0.15, -0.1) is 9.24 Å². The topological polar surface area (TPSA) is 17.8 Å². The molecular weight excluding hydrogens is 210 g/mol. The van der Waals surface area contributed by atoms with E-state index < -0.39 is 0 Å². The molecule has 0 spiro atoms. The van der Waals surface area contributed by atoms with Crippen LogP contribution in [-0.2, 0) is 6.54 Å². The second-order valence-corrected chi connectivity index (χ2v) is 4.32. The summed E-state index contributed by atoms with van der Waals surface area (Å²) in [7, 11) is 2.41. The van der Waals surface area contributed by atoms with Crippen molar-refractivity contribution in [1.29, 1.82) is 0 Å². The molecule has 0 radical (unpaired) electrons. The summed E-state index contributed by atoms with van der Waals surface area (Å²) < 4.78 is 15.3. The molecule has 0 saturated carbocycles. The van der Waals surface area contributed by atoms with Crippen molar-refractivity contribution < 1.29 is 4.39 Å². The molecule has 0 amide bonds. The van der Waals surface area contributed by atoms with Gasteiger partial charge in [-0.25, -0.2) is 4.39 Å². The molecule has 4 heteroatoms. The van der Waals surface area contributed by atoms with E-state index in [1.165, 1.54) is 0 Å². The highest BCUT2D eigenvalue weighted by atomic mass is 31.0. The zero-order valence-corrected chi connectivity index (χ0v) is 10.1. The van der Waals surface area contributed by atoms with E-state index >= 15 is 0 Å². The van der Waals surface area contributed by atoms with Crippen molar-refractivity contribution in [2.75, 3.05) is 0 Å². The highest BCUT2D eigenvalue weighted by Crippen LogP contribution is 2.19. The molecule has 1 aromatic heterocycles. The van der Waals surface area contributed by atoms with Gasteiger partial charge in [-0.05, 0) is 19.4 Å². The fourth-order valence-electron chi connectivity index (χ4n) is 1.75. The van der Waals surface area contributed by atoms with Crippen molar-refractivity contribution >= 4 is 25.4 Å². The first kappa shape index (κ1) is 10.6. The summed E-state index contributed by atoms with van der Waals surface area (Å²) in [6.45, 7) is 4.87. The highest BCUT2D eigenvalue weighted by molar-refractivity contribution is 7.27. The van der Waals surface area contributed by atoms with Crippen molar-refractivity contribution in [3.05, 3.63) is 23.6 Å². The van der Waals surface area contributed by atoms with Crippen LogP contribution in [0.5, 0.6) is 0 Å². The number of halogens is 1. The van der Waals surface area contributed by atoms with Crippen LogP contribution in [0, 0.1) is 12.7 Å². The lowest BCUT2D eigenvalue weighted by atomic mass is 10.2. The second-order valence-electron chi connectivity index (χ2n) is 3.70. The first-order valence-electron chi connectivity index (χ1n) is 5.05. The minimum absolute atomic E-state index is 0.190. The van der Waals surface area contributed by atoms with E-state index in [9.17, 15) is 4.39 Å².